The third kappa shape index (κ3) is 4.39. The number of amides is 1. The summed E-state index contributed by atoms with van der Waals surface area (Å²) in [7, 11) is 3.80. The molecule has 2 heterocycles. The minimum Gasteiger partial charge on any atom is -0.497 e. The second kappa shape index (κ2) is 8.71. The Morgan fingerprint density at radius 1 is 1.03 bits per heavy atom. The van der Waals surface area contributed by atoms with Gasteiger partial charge >= 0.3 is 0 Å². The molecule has 1 unspecified atom stereocenters. The quantitative estimate of drug-likeness (QED) is 0.702. The molecule has 156 valence electrons. The summed E-state index contributed by atoms with van der Waals surface area (Å²) >= 11 is 0. The summed E-state index contributed by atoms with van der Waals surface area (Å²) in [4.78, 5) is 21.9. The van der Waals surface area contributed by atoms with Crippen molar-refractivity contribution in [2.75, 3.05) is 50.6 Å². The molecule has 4 rings (SSSR count). The maximum Gasteiger partial charge on any atom is 0.231 e. The lowest BCUT2D eigenvalue weighted by molar-refractivity contribution is -0.117. The first-order valence-corrected chi connectivity index (χ1v) is 10.3. The van der Waals surface area contributed by atoms with Crippen LogP contribution in [0.4, 0.5) is 11.5 Å². The predicted octanol–water partition coefficient (Wildman–Crippen LogP) is 3.74. The van der Waals surface area contributed by atoms with Crippen LogP contribution in [0.25, 0.3) is 10.8 Å². The Hall–Kier alpha value is -3.12. The number of anilines is 2. The normalized spacial score (nSPS) is 15.8. The van der Waals surface area contributed by atoms with E-state index in [2.05, 4.69) is 33.2 Å². The smallest absolute Gasteiger partial charge is 0.231 e. The van der Waals surface area contributed by atoms with Crippen LogP contribution in [0.5, 0.6) is 5.75 Å². The third-order valence-corrected chi connectivity index (χ3v) is 5.81. The van der Waals surface area contributed by atoms with Crippen LogP contribution in [0.3, 0.4) is 0 Å². The van der Waals surface area contributed by atoms with E-state index < -0.39 is 0 Å². The number of ether oxygens (including phenoxy) is 1. The largest absolute Gasteiger partial charge is 0.497 e. The molecule has 0 aliphatic carbocycles. The molecular weight excluding hydrogens is 376 g/mol. The van der Waals surface area contributed by atoms with Crippen molar-refractivity contribution in [1.29, 1.82) is 0 Å². The number of methoxy groups -OCH3 is 1. The van der Waals surface area contributed by atoms with Crippen LogP contribution in [-0.4, -0.2) is 56.1 Å². The van der Waals surface area contributed by atoms with Gasteiger partial charge < -0.3 is 19.9 Å². The van der Waals surface area contributed by atoms with E-state index in [9.17, 15) is 4.79 Å². The van der Waals surface area contributed by atoms with Crippen LogP contribution >= 0.6 is 0 Å². The molecule has 1 fully saturated rings. The summed E-state index contributed by atoms with van der Waals surface area (Å²) in [6.45, 7) is 5.94. The number of piperazine rings is 1. The number of hydrogen-bond acceptors (Lipinski definition) is 5. The molecule has 1 aliphatic heterocycles. The number of rotatable bonds is 5. The number of hydrogen-bond donors (Lipinski definition) is 1. The Balaban J connectivity index is 1.42. The maximum atomic E-state index is 12.8. The van der Waals surface area contributed by atoms with Crippen LogP contribution in [0.1, 0.15) is 18.4 Å². The Morgan fingerprint density at radius 3 is 2.47 bits per heavy atom. The van der Waals surface area contributed by atoms with Gasteiger partial charge in [0.05, 0.1) is 24.9 Å². The highest BCUT2D eigenvalue weighted by Crippen LogP contribution is 2.26. The molecule has 3 aromatic rings. The highest BCUT2D eigenvalue weighted by molar-refractivity contribution is 5.96. The van der Waals surface area contributed by atoms with Gasteiger partial charge in [-0.2, -0.15) is 0 Å². The zero-order chi connectivity index (χ0) is 21.1. The van der Waals surface area contributed by atoms with E-state index in [1.54, 1.807) is 13.3 Å². The molecule has 1 atom stereocenters. The minimum absolute atomic E-state index is 0.0444. The van der Waals surface area contributed by atoms with Crippen molar-refractivity contribution in [3.05, 3.63) is 60.3 Å². The van der Waals surface area contributed by atoms with E-state index in [0.717, 1.165) is 59.8 Å². The molecule has 6 nitrogen and oxygen atoms in total. The minimum atomic E-state index is -0.270. The zero-order valence-electron chi connectivity index (χ0n) is 17.8. The van der Waals surface area contributed by atoms with E-state index >= 15 is 0 Å². The lowest BCUT2D eigenvalue weighted by Crippen LogP contribution is -2.44. The first kappa shape index (κ1) is 20.2. The number of likely N-dealkylation sites (N-methyl/N-ethyl adjacent to an activating group) is 1. The van der Waals surface area contributed by atoms with Gasteiger partial charge in [-0.25, -0.2) is 4.98 Å². The Bertz CT molecular complexity index is 1030. The predicted molar refractivity (Wildman–Crippen MR) is 121 cm³/mol. The van der Waals surface area contributed by atoms with Gasteiger partial charge in [0, 0.05) is 26.2 Å². The van der Waals surface area contributed by atoms with Gasteiger partial charge in [0.1, 0.15) is 11.6 Å². The molecule has 6 heteroatoms. The summed E-state index contributed by atoms with van der Waals surface area (Å²) in [6, 6.07) is 16.0. The Kier molecular flexibility index (Phi) is 5.86. The van der Waals surface area contributed by atoms with Gasteiger partial charge in [0.2, 0.25) is 5.91 Å². The number of carbonyl (C=O) groups is 1. The van der Waals surface area contributed by atoms with Gasteiger partial charge in [0.25, 0.3) is 0 Å². The summed E-state index contributed by atoms with van der Waals surface area (Å²) < 4.78 is 5.28. The first-order valence-electron chi connectivity index (χ1n) is 10.3. The number of nitrogens with one attached hydrogen (secondary N) is 1. The van der Waals surface area contributed by atoms with Crippen LogP contribution < -0.4 is 15.0 Å². The highest BCUT2D eigenvalue weighted by Gasteiger charge is 2.18. The zero-order valence-corrected chi connectivity index (χ0v) is 17.8. The maximum absolute atomic E-state index is 12.8. The summed E-state index contributed by atoms with van der Waals surface area (Å²) in [6.07, 6.45) is 1.74. The van der Waals surface area contributed by atoms with E-state index in [-0.39, 0.29) is 11.8 Å². The van der Waals surface area contributed by atoms with Crippen LogP contribution in [0.2, 0.25) is 0 Å². The molecular formula is C24H28N4O2. The van der Waals surface area contributed by atoms with Crippen molar-refractivity contribution >= 4 is 28.2 Å². The Morgan fingerprint density at radius 2 is 1.77 bits per heavy atom. The molecule has 0 bridgehead atoms. The molecule has 1 amide bonds. The van der Waals surface area contributed by atoms with Crippen molar-refractivity contribution < 1.29 is 9.53 Å². The number of aromatic nitrogens is 1. The fourth-order valence-corrected chi connectivity index (χ4v) is 3.72. The van der Waals surface area contributed by atoms with Crippen molar-refractivity contribution in [1.82, 2.24) is 9.88 Å². The number of pyridine rings is 1. The van der Waals surface area contributed by atoms with E-state index in [4.69, 9.17) is 4.74 Å². The van der Waals surface area contributed by atoms with Gasteiger partial charge in [-0.15, -0.1) is 0 Å². The number of carbonyl (C=O) groups excluding carboxylic acids is 1. The van der Waals surface area contributed by atoms with E-state index in [1.807, 2.05) is 49.4 Å². The fraction of sp³-hybridized carbons (Fsp3) is 0.333. The van der Waals surface area contributed by atoms with Gasteiger partial charge in [-0.1, -0.05) is 24.3 Å². The molecule has 0 spiro atoms. The van der Waals surface area contributed by atoms with Crippen LogP contribution in [-0.2, 0) is 4.79 Å². The number of fused-ring (bicyclic) bond motifs is 1. The molecule has 1 saturated heterocycles. The van der Waals surface area contributed by atoms with Crippen LogP contribution in [0.15, 0.2) is 54.7 Å². The van der Waals surface area contributed by atoms with Crippen LogP contribution in [0, 0.1) is 0 Å². The molecule has 2 aromatic carbocycles. The number of benzene rings is 2. The second-order valence-electron chi connectivity index (χ2n) is 7.88. The average molecular weight is 405 g/mol. The van der Waals surface area contributed by atoms with Crippen molar-refractivity contribution in [2.45, 2.75) is 12.8 Å². The van der Waals surface area contributed by atoms with E-state index in [1.165, 1.54) is 0 Å². The molecule has 1 N–H and O–H groups in total. The van der Waals surface area contributed by atoms with Crippen molar-refractivity contribution in [3.8, 4) is 5.75 Å². The lowest BCUT2D eigenvalue weighted by atomic mass is 9.97. The monoisotopic (exact) mass is 404 g/mol. The van der Waals surface area contributed by atoms with Gasteiger partial charge in [-0.05, 0) is 54.6 Å². The highest BCUT2D eigenvalue weighted by atomic mass is 16.5. The third-order valence-electron chi connectivity index (χ3n) is 5.81. The molecule has 1 aliphatic rings. The summed E-state index contributed by atoms with van der Waals surface area (Å²) in [5, 5.41) is 5.18. The summed E-state index contributed by atoms with van der Waals surface area (Å²) in [5.74, 6) is 1.47. The second-order valence-corrected chi connectivity index (χ2v) is 7.88. The molecule has 0 radical (unpaired) electrons. The molecule has 0 saturated carbocycles. The SMILES string of the molecule is COc1ccc2cc(C(C)C(=O)Nc3ccc(N4CCN(C)CC4)nc3)ccc2c1. The fourth-order valence-electron chi connectivity index (χ4n) is 3.72. The van der Waals surface area contributed by atoms with Gasteiger partial charge in [0.15, 0.2) is 0 Å². The summed E-state index contributed by atoms with van der Waals surface area (Å²) in [5.41, 5.74) is 1.70. The molecule has 1 aromatic heterocycles. The lowest BCUT2D eigenvalue weighted by Gasteiger charge is -2.33. The first-order chi connectivity index (χ1) is 14.5. The average Bonchev–Trinajstić information content (AvgIpc) is 2.79. The molecule has 30 heavy (non-hydrogen) atoms. The topological polar surface area (TPSA) is 57.7 Å². The van der Waals surface area contributed by atoms with Gasteiger partial charge in [-0.3, -0.25) is 4.79 Å². The van der Waals surface area contributed by atoms with Crippen molar-refractivity contribution in [2.24, 2.45) is 0 Å². The van der Waals surface area contributed by atoms with Crippen molar-refractivity contribution in [3.63, 3.8) is 0 Å². The standard InChI is InChI=1S/C24H28N4O2/c1-17(18-4-5-20-15-22(30-3)8-6-19(20)14-18)24(29)26-21-7-9-23(25-16-21)28-12-10-27(2)11-13-28/h4-9,14-17H,10-13H2,1-3H3,(H,26,29). The Labute approximate surface area is 177 Å². The number of nitrogens with zero attached hydrogens (tertiary/aromatic N) is 3. The van der Waals surface area contributed by atoms with E-state index in [0.29, 0.717) is 0 Å².